The van der Waals surface area contributed by atoms with Crippen LogP contribution in [-0.4, -0.2) is 17.9 Å². The number of aryl methyl sites for hydroxylation is 2. The van der Waals surface area contributed by atoms with E-state index in [4.69, 9.17) is 4.42 Å². The number of benzene rings is 1. The van der Waals surface area contributed by atoms with Gasteiger partial charge in [0.2, 0.25) is 0 Å². The maximum Gasteiger partial charge on any atom is 0.256 e. The Morgan fingerprint density at radius 2 is 2.00 bits per heavy atom. The van der Waals surface area contributed by atoms with E-state index in [9.17, 15) is 9.18 Å². The molecule has 2 aromatic rings. The van der Waals surface area contributed by atoms with Crippen LogP contribution in [0.25, 0.3) is 0 Å². The molecule has 0 saturated carbocycles. The third-order valence-electron chi connectivity index (χ3n) is 2.89. The third kappa shape index (κ3) is 3.02. The highest BCUT2D eigenvalue weighted by Crippen LogP contribution is 2.14. The summed E-state index contributed by atoms with van der Waals surface area (Å²) in [4.78, 5) is 13.6. The molecule has 0 unspecified atom stereocenters. The lowest BCUT2D eigenvalue weighted by molar-refractivity contribution is 0.0770. The quantitative estimate of drug-likeness (QED) is 0.849. The van der Waals surface area contributed by atoms with Gasteiger partial charge in [-0.3, -0.25) is 4.79 Å². The molecule has 3 nitrogen and oxygen atoms in total. The van der Waals surface area contributed by atoms with Crippen LogP contribution in [0.4, 0.5) is 4.39 Å². The van der Waals surface area contributed by atoms with Crippen LogP contribution in [0.2, 0.25) is 0 Å². The zero-order chi connectivity index (χ0) is 14.0. The van der Waals surface area contributed by atoms with Gasteiger partial charge in [0.05, 0.1) is 12.1 Å². The zero-order valence-electron chi connectivity index (χ0n) is 11.2. The van der Waals surface area contributed by atoms with Crippen molar-refractivity contribution in [1.29, 1.82) is 0 Å². The van der Waals surface area contributed by atoms with E-state index in [2.05, 4.69) is 0 Å². The van der Waals surface area contributed by atoms with Crippen molar-refractivity contribution < 1.29 is 13.6 Å². The predicted octanol–water partition coefficient (Wildman–Crippen LogP) is 3.31. The molecule has 0 fully saturated rings. The van der Waals surface area contributed by atoms with Crippen LogP contribution in [0.5, 0.6) is 0 Å². The first-order valence-corrected chi connectivity index (χ1v) is 6.04. The molecule has 0 aliphatic carbocycles. The van der Waals surface area contributed by atoms with Gasteiger partial charge < -0.3 is 9.32 Å². The first-order valence-electron chi connectivity index (χ1n) is 6.04. The van der Waals surface area contributed by atoms with Crippen molar-refractivity contribution in [3.05, 3.63) is 58.8 Å². The number of rotatable bonds is 3. The van der Waals surface area contributed by atoms with Gasteiger partial charge in [0.1, 0.15) is 17.3 Å². The smallest absolute Gasteiger partial charge is 0.256 e. The summed E-state index contributed by atoms with van der Waals surface area (Å²) in [5.41, 5.74) is 0.870. The van der Waals surface area contributed by atoms with Crippen molar-refractivity contribution >= 4 is 5.91 Å². The summed E-state index contributed by atoms with van der Waals surface area (Å²) >= 11 is 0. The van der Waals surface area contributed by atoms with E-state index in [0.29, 0.717) is 12.3 Å². The minimum absolute atomic E-state index is 0.0800. The number of nitrogens with zero attached hydrogens (tertiary/aromatic N) is 1. The molecule has 1 aromatic heterocycles. The van der Waals surface area contributed by atoms with E-state index < -0.39 is 5.82 Å². The standard InChI is InChI=1S/C15H16FNO2/c1-10-4-7-13(14(16)8-10)15(18)17(3)9-12-6-5-11(2)19-12/h4-8H,9H2,1-3H3. The molecule has 2 rings (SSSR count). The van der Waals surface area contributed by atoms with Crippen molar-refractivity contribution in [2.45, 2.75) is 20.4 Å². The molecule has 1 amide bonds. The van der Waals surface area contributed by atoms with Crippen molar-refractivity contribution in [3.63, 3.8) is 0 Å². The fourth-order valence-corrected chi connectivity index (χ4v) is 1.87. The molecule has 4 heteroatoms. The third-order valence-corrected chi connectivity index (χ3v) is 2.89. The largest absolute Gasteiger partial charge is 0.464 e. The molecule has 0 aliphatic rings. The van der Waals surface area contributed by atoms with Crippen LogP contribution in [0.3, 0.4) is 0 Å². The number of carbonyl (C=O) groups is 1. The molecule has 0 saturated heterocycles. The Bertz CT molecular complexity index is 604. The van der Waals surface area contributed by atoms with Gasteiger partial charge in [-0.1, -0.05) is 6.07 Å². The van der Waals surface area contributed by atoms with Gasteiger partial charge in [0.15, 0.2) is 0 Å². The van der Waals surface area contributed by atoms with Gasteiger partial charge in [-0.2, -0.15) is 0 Å². The first-order chi connectivity index (χ1) is 8.97. The van der Waals surface area contributed by atoms with Crippen LogP contribution >= 0.6 is 0 Å². The fourth-order valence-electron chi connectivity index (χ4n) is 1.87. The molecule has 0 N–H and O–H groups in total. The highest BCUT2D eigenvalue weighted by molar-refractivity contribution is 5.94. The van der Waals surface area contributed by atoms with Crippen LogP contribution in [0, 0.1) is 19.7 Å². The number of hydrogen-bond acceptors (Lipinski definition) is 2. The summed E-state index contributed by atoms with van der Waals surface area (Å²) in [7, 11) is 1.62. The second-order valence-corrected chi connectivity index (χ2v) is 4.66. The van der Waals surface area contributed by atoms with Gasteiger partial charge in [-0.15, -0.1) is 0 Å². The second kappa shape index (κ2) is 5.26. The van der Waals surface area contributed by atoms with Crippen molar-refractivity contribution in [3.8, 4) is 0 Å². The van der Waals surface area contributed by atoms with E-state index in [-0.39, 0.29) is 11.5 Å². The first kappa shape index (κ1) is 13.3. The van der Waals surface area contributed by atoms with E-state index in [1.807, 2.05) is 19.1 Å². The summed E-state index contributed by atoms with van der Waals surface area (Å²) in [5.74, 6) is 0.622. The highest BCUT2D eigenvalue weighted by atomic mass is 19.1. The van der Waals surface area contributed by atoms with E-state index in [0.717, 1.165) is 11.3 Å². The van der Waals surface area contributed by atoms with Gasteiger partial charge in [0.25, 0.3) is 5.91 Å². The van der Waals surface area contributed by atoms with Crippen LogP contribution < -0.4 is 0 Å². The van der Waals surface area contributed by atoms with Crippen molar-refractivity contribution in [2.24, 2.45) is 0 Å². The Morgan fingerprint density at radius 3 is 2.58 bits per heavy atom. The Balaban J connectivity index is 2.14. The van der Waals surface area contributed by atoms with E-state index in [1.54, 1.807) is 20.0 Å². The summed E-state index contributed by atoms with van der Waals surface area (Å²) in [5, 5.41) is 0. The summed E-state index contributed by atoms with van der Waals surface area (Å²) < 4.78 is 19.1. The molecule has 1 heterocycles. The molecule has 1 aromatic carbocycles. The Hall–Kier alpha value is -2.10. The zero-order valence-corrected chi connectivity index (χ0v) is 11.2. The number of carbonyl (C=O) groups excluding carboxylic acids is 1. The molecule has 0 bridgehead atoms. The molecule has 0 radical (unpaired) electrons. The van der Waals surface area contributed by atoms with Crippen LogP contribution in [-0.2, 0) is 6.54 Å². The highest BCUT2D eigenvalue weighted by Gasteiger charge is 2.17. The Morgan fingerprint density at radius 1 is 1.26 bits per heavy atom. The monoisotopic (exact) mass is 261 g/mol. The molecule has 0 spiro atoms. The summed E-state index contributed by atoms with van der Waals surface area (Å²) in [6, 6.07) is 8.24. The number of amides is 1. The van der Waals surface area contributed by atoms with Crippen LogP contribution in [0.1, 0.15) is 27.4 Å². The Kier molecular flexibility index (Phi) is 3.69. The fraction of sp³-hybridized carbons (Fsp3) is 0.267. The minimum Gasteiger partial charge on any atom is -0.464 e. The lowest BCUT2D eigenvalue weighted by atomic mass is 10.1. The predicted molar refractivity (Wildman–Crippen MR) is 70.4 cm³/mol. The van der Waals surface area contributed by atoms with E-state index in [1.165, 1.54) is 17.0 Å². The minimum atomic E-state index is -0.493. The van der Waals surface area contributed by atoms with Crippen LogP contribution in [0.15, 0.2) is 34.7 Å². The number of halogens is 1. The molecule has 19 heavy (non-hydrogen) atoms. The molecule has 100 valence electrons. The van der Waals surface area contributed by atoms with Gasteiger partial charge in [0, 0.05) is 7.05 Å². The molecular formula is C15H16FNO2. The maximum absolute atomic E-state index is 13.7. The van der Waals surface area contributed by atoms with Gasteiger partial charge in [-0.05, 0) is 43.7 Å². The second-order valence-electron chi connectivity index (χ2n) is 4.66. The normalized spacial score (nSPS) is 10.5. The number of furan rings is 1. The topological polar surface area (TPSA) is 33.5 Å². The lowest BCUT2D eigenvalue weighted by Gasteiger charge is -2.16. The number of hydrogen-bond donors (Lipinski definition) is 0. The molecule has 0 atom stereocenters. The van der Waals surface area contributed by atoms with Crippen molar-refractivity contribution in [1.82, 2.24) is 4.90 Å². The Labute approximate surface area is 111 Å². The summed E-state index contributed by atoms with van der Waals surface area (Å²) in [6.07, 6.45) is 0. The van der Waals surface area contributed by atoms with Crippen molar-refractivity contribution in [2.75, 3.05) is 7.05 Å². The SMILES string of the molecule is Cc1ccc(C(=O)N(C)Cc2ccc(C)o2)c(F)c1. The van der Waals surface area contributed by atoms with E-state index >= 15 is 0 Å². The van der Waals surface area contributed by atoms with Gasteiger partial charge >= 0.3 is 0 Å². The average molecular weight is 261 g/mol. The lowest BCUT2D eigenvalue weighted by Crippen LogP contribution is -2.26. The maximum atomic E-state index is 13.7. The average Bonchev–Trinajstić information content (AvgIpc) is 2.74. The molecule has 0 aliphatic heterocycles. The van der Waals surface area contributed by atoms with Gasteiger partial charge in [-0.25, -0.2) is 4.39 Å². The summed E-state index contributed by atoms with van der Waals surface area (Å²) in [6.45, 7) is 3.94. The molecular weight excluding hydrogens is 245 g/mol.